The van der Waals surface area contributed by atoms with Crippen molar-refractivity contribution in [3.63, 3.8) is 0 Å². The molecule has 0 heterocycles. The number of rotatable bonds is 16. The van der Waals surface area contributed by atoms with Crippen molar-refractivity contribution >= 4 is 0 Å². The van der Waals surface area contributed by atoms with Gasteiger partial charge in [-0.2, -0.15) is 0 Å². The number of hydrogen-bond donors (Lipinski definition) is 0. The van der Waals surface area contributed by atoms with Gasteiger partial charge in [0.1, 0.15) is 0 Å². The van der Waals surface area contributed by atoms with E-state index in [0.717, 1.165) is 47.3 Å². The van der Waals surface area contributed by atoms with Gasteiger partial charge in [0, 0.05) is 0 Å². The van der Waals surface area contributed by atoms with Crippen molar-refractivity contribution in [2.24, 2.45) is 52.8 Å². The molecule has 0 aromatic carbocycles. The van der Waals surface area contributed by atoms with Gasteiger partial charge in [0.2, 0.25) is 0 Å². The first-order valence-corrected chi connectivity index (χ1v) is 15.8. The summed E-state index contributed by atoms with van der Waals surface area (Å²) in [7, 11) is 0. The molecular weight excluding hydrogens is 396 g/mol. The van der Waals surface area contributed by atoms with E-state index in [0.29, 0.717) is 5.41 Å². The molecule has 0 aromatic heterocycles. The molecule has 0 aliphatic heterocycles. The third-order valence-corrected chi connectivity index (χ3v) is 11.3. The fourth-order valence-corrected chi connectivity index (χ4v) is 7.75. The second-order valence-corrected chi connectivity index (χ2v) is 13.5. The molecule has 2 aliphatic carbocycles. The van der Waals surface area contributed by atoms with Crippen LogP contribution in [-0.4, -0.2) is 0 Å². The standard InChI is InChI=1S/C33H64/c1-9-26(6)29-19-17-20-30(27(7)22-29)24-32(11-3)33(8,25(4)5)21-16-14-12-13-15-18-31-23-28(31)10-2/h25-32H,9-24H2,1-8H3. The summed E-state index contributed by atoms with van der Waals surface area (Å²) in [6.45, 7) is 20.1. The maximum atomic E-state index is 2.67. The van der Waals surface area contributed by atoms with Crippen LogP contribution in [-0.2, 0) is 0 Å². The fourth-order valence-electron chi connectivity index (χ4n) is 7.75. The van der Waals surface area contributed by atoms with Crippen LogP contribution in [0.1, 0.15) is 158 Å². The van der Waals surface area contributed by atoms with E-state index in [1.807, 2.05) is 0 Å². The zero-order valence-corrected chi connectivity index (χ0v) is 24.4. The molecular formula is C33H64. The maximum absolute atomic E-state index is 2.67. The highest BCUT2D eigenvalue weighted by Gasteiger charge is 2.38. The van der Waals surface area contributed by atoms with Crippen molar-refractivity contribution in [1.82, 2.24) is 0 Å². The van der Waals surface area contributed by atoms with Gasteiger partial charge < -0.3 is 0 Å². The van der Waals surface area contributed by atoms with Crippen LogP contribution in [0.25, 0.3) is 0 Å². The topological polar surface area (TPSA) is 0 Å². The lowest BCUT2D eigenvalue weighted by atomic mass is 9.62. The minimum Gasteiger partial charge on any atom is -0.0651 e. The maximum Gasteiger partial charge on any atom is -0.0274 e. The molecule has 0 N–H and O–H groups in total. The number of hydrogen-bond acceptors (Lipinski definition) is 0. The van der Waals surface area contributed by atoms with Gasteiger partial charge in [0.15, 0.2) is 0 Å². The lowest BCUT2D eigenvalue weighted by Gasteiger charge is -2.44. The first-order valence-electron chi connectivity index (χ1n) is 15.8. The van der Waals surface area contributed by atoms with Gasteiger partial charge in [-0.1, -0.05) is 132 Å². The van der Waals surface area contributed by atoms with Gasteiger partial charge in [0.05, 0.1) is 0 Å². The summed E-state index contributed by atoms with van der Waals surface area (Å²) in [6, 6.07) is 0. The van der Waals surface area contributed by atoms with Crippen LogP contribution in [0.2, 0.25) is 0 Å². The summed E-state index contributed by atoms with van der Waals surface area (Å²) in [5, 5.41) is 0. The SMILES string of the molecule is CCC(C)C1CCCC(CC(CC)C(C)(CCCCCCCC2CC2CC)C(C)C)C(C)C1. The molecule has 8 atom stereocenters. The first-order chi connectivity index (χ1) is 15.8. The van der Waals surface area contributed by atoms with E-state index < -0.39 is 0 Å². The van der Waals surface area contributed by atoms with Crippen molar-refractivity contribution in [2.45, 2.75) is 158 Å². The third kappa shape index (κ3) is 8.86. The van der Waals surface area contributed by atoms with Crippen LogP contribution < -0.4 is 0 Å². The minimum atomic E-state index is 0.527. The van der Waals surface area contributed by atoms with E-state index in [1.165, 1.54) is 96.3 Å². The van der Waals surface area contributed by atoms with Crippen LogP contribution in [0.15, 0.2) is 0 Å². The summed E-state index contributed by atoms with van der Waals surface area (Å²) < 4.78 is 0. The van der Waals surface area contributed by atoms with E-state index in [-0.39, 0.29) is 0 Å². The zero-order valence-electron chi connectivity index (χ0n) is 24.4. The van der Waals surface area contributed by atoms with Crippen molar-refractivity contribution < 1.29 is 0 Å². The monoisotopic (exact) mass is 461 g/mol. The van der Waals surface area contributed by atoms with E-state index in [9.17, 15) is 0 Å². The molecule has 2 rings (SSSR count). The molecule has 0 radical (unpaired) electrons. The minimum absolute atomic E-state index is 0.527. The second-order valence-electron chi connectivity index (χ2n) is 13.5. The molecule has 0 aromatic rings. The molecule has 196 valence electrons. The van der Waals surface area contributed by atoms with Gasteiger partial charge in [-0.05, 0) is 78.4 Å². The Labute approximate surface area is 210 Å². The second kappa shape index (κ2) is 14.5. The zero-order chi connectivity index (χ0) is 24.4. The van der Waals surface area contributed by atoms with Gasteiger partial charge in [-0.15, -0.1) is 0 Å². The summed E-state index contributed by atoms with van der Waals surface area (Å²) in [6.07, 6.45) is 23.6. The predicted molar refractivity (Wildman–Crippen MR) is 150 cm³/mol. The van der Waals surface area contributed by atoms with Crippen molar-refractivity contribution in [3.8, 4) is 0 Å². The fraction of sp³-hybridized carbons (Fsp3) is 1.00. The molecule has 0 amide bonds. The Bertz CT molecular complexity index is 506. The Morgan fingerprint density at radius 3 is 2.09 bits per heavy atom. The summed E-state index contributed by atoms with van der Waals surface area (Å²) in [4.78, 5) is 0. The van der Waals surface area contributed by atoms with E-state index >= 15 is 0 Å². The molecule has 0 spiro atoms. The normalized spacial score (nSPS) is 31.7. The summed E-state index contributed by atoms with van der Waals surface area (Å²) >= 11 is 0. The molecule has 0 heteroatoms. The van der Waals surface area contributed by atoms with Crippen LogP contribution in [0.4, 0.5) is 0 Å². The summed E-state index contributed by atoms with van der Waals surface area (Å²) in [5.74, 6) is 7.72. The third-order valence-electron chi connectivity index (χ3n) is 11.3. The lowest BCUT2D eigenvalue weighted by Crippen LogP contribution is -2.35. The van der Waals surface area contributed by atoms with E-state index in [2.05, 4.69) is 55.4 Å². The van der Waals surface area contributed by atoms with Gasteiger partial charge >= 0.3 is 0 Å². The van der Waals surface area contributed by atoms with Crippen molar-refractivity contribution in [3.05, 3.63) is 0 Å². The Hall–Kier alpha value is 0. The van der Waals surface area contributed by atoms with E-state index in [1.54, 1.807) is 6.42 Å². The average Bonchev–Trinajstić information content (AvgIpc) is 3.59. The first kappa shape index (κ1) is 29.2. The van der Waals surface area contributed by atoms with Crippen LogP contribution >= 0.6 is 0 Å². The molecule has 2 fully saturated rings. The highest BCUT2D eigenvalue weighted by atomic mass is 14.4. The van der Waals surface area contributed by atoms with Gasteiger partial charge in [0.25, 0.3) is 0 Å². The van der Waals surface area contributed by atoms with Gasteiger partial charge in [-0.25, -0.2) is 0 Å². The predicted octanol–water partition coefficient (Wildman–Crippen LogP) is 11.3. The molecule has 2 saturated carbocycles. The lowest BCUT2D eigenvalue weighted by molar-refractivity contribution is 0.0622. The van der Waals surface area contributed by atoms with Crippen molar-refractivity contribution in [1.29, 1.82) is 0 Å². The Morgan fingerprint density at radius 1 is 0.788 bits per heavy atom. The molecule has 0 bridgehead atoms. The Kier molecular flexibility index (Phi) is 12.9. The van der Waals surface area contributed by atoms with Crippen LogP contribution in [0.3, 0.4) is 0 Å². The molecule has 0 saturated heterocycles. The molecule has 33 heavy (non-hydrogen) atoms. The Morgan fingerprint density at radius 2 is 1.48 bits per heavy atom. The molecule has 2 aliphatic rings. The summed E-state index contributed by atoms with van der Waals surface area (Å²) in [5.41, 5.74) is 0.527. The van der Waals surface area contributed by atoms with Crippen LogP contribution in [0.5, 0.6) is 0 Å². The highest BCUT2D eigenvalue weighted by Crippen LogP contribution is 2.48. The quantitative estimate of drug-likeness (QED) is 0.159. The molecule has 8 unspecified atom stereocenters. The van der Waals surface area contributed by atoms with Crippen molar-refractivity contribution in [2.75, 3.05) is 0 Å². The highest BCUT2D eigenvalue weighted by molar-refractivity contribution is 4.89. The smallest absolute Gasteiger partial charge is 0.0274 e. The van der Waals surface area contributed by atoms with E-state index in [4.69, 9.17) is 0 Å². The Balaban J connectivity index is 1.80. The number of unbranched alkanes of at least 4 members (excludes halogenated alkanes) is 4. The molecule has 0 nitrogen and oxygen atoms in total. The average molecular weight is 461 g/mol. The van der Waals surface area contributed by atoms with Crippen LogP contribution in [0, 0.1) is 52.8 Å². The largest absolute Gasteiger partial charge is 0.0651 e. The van der Waals surface area contributed by atoms with Gasteiger partial charge in [-0.3, -0.25) is 0 Å².